The van der Waals surface area contributed by atoms with Crippen molar-refractivity contribution in [3.63, 3.8) is 0 Å². The van der Waals surface area contributed by atoms with E-state index in [4.69, 9.17) is 10.8 Å². The van der Waals surface area contributed by atoms with E-state index in [1.165, 1.54) is 38.6 Å². The summed E-state index contributed by atoms with van der Waals surface area (Å²) in [6, 6.07) is 0.752. The van der Waals surface area contributed by atoms with Crippen LogP contribution in [0.15, 0.2) is 0 Å². The van der Waals surface area contributed by atoms with Gasteiger partial charge in [-0.3, -0.25) is 4.79 Å². The monoisotopic (exact) mass is 270 g/mol. The fourth-order valence-electron chi connectivity index (χ4n) is 2.93. The van der Waals surface area contributed by atoms with Crippen molar-refractivity contribution < 1.29 is 9.90 Å². The van der Waals surface area contributed by atoms with Gasteiger partial charge in [0.1, 0.15) is 5.54 Å². The predicted molar refractivity (Wildman–Crippen MR) is 78.2 cm³/mol. The van der Waals surface area contributed by atoms with Crippen LogP contribution in [0.25, 0.3) is 0 Å². The maximum absolute atomic E-state index is 10.9. The fourth-order valence-corrected chi connectivity index (χ4v) is 2.93. The molecule has 3 N–H and O–H groups in total. The van der Waals surface area contributed by atoms with Crippen LogP contribution < -0.4 is 5.73 Å². The molecule has 2 unspecified atom stereocenters. The highest BCUT2D eigenvalue weighted by Crippen LogP contribution is 2.21. The number of piperidine rings is 1. The SMILES string of the molecule is CCCC1CCCCN1CCCCC(C)(N)C(=O)O. The van der Waals surface area contributed by atoms with Crippen LogP contribution in [-0.2, 0) is 4.79 Å². The van der Waals surface area contributed by atoms with Crippen molar-refractivity contribution >= 4 is 5.97 Å². The Balaban J connectivity index is 2.25. The predicted octanol–water partition coefficient (Wildman–Crippen LogP) is 2.61. The van der Waals surface area contributed by atoms with E-state index in [0.29, 0.717) is 6.42 Å². The van der Waals surface area contributed by atoms with Gasteiger partial charge in [0.25, 0.3) is 0 Å². The summed E-state index contributed by atoms with van der Waals surface area (Å²) in [6.45, 7) is 6.17. The third kappa shape index (κ3) is 5.49. The minimum Gasteiger partial charge on any atom is -0.480 e. The van der Waals surface area contributed by atoms with E-state index in [1.54, 1.807) is 6.92 Å². The smallest absolute Gasteiger partial charge is 0.323 e. The van der Waals surface area contributed by atoms with Crippen molar-refractivity contribution in [1.29, 1.82) is 0 Å². The third-order valence-electron chi connectivity index (χ3n) is 4.25. The molecule has 0 saturated carbocycles. The number of carbonyl (C=O) groups is 1. The zero-order valence-electron chi connectivity index (χ0n) is 12.5. The van der Waals surface area contributed by atoms with Crippen LogP contribution in [0.4, 0.5) is 0 Å². The molecule has 1 saturated heterocycles. The maximum Gasteiger partial charge on any atom is 0.323 e. The summed E-state index contributed by atoms with van der Waals surface area (Å²) in [5.74, 6) is -0.894. The lowest BCUT2D eigenvalue weighted by molar-refractivity contribution is -0.142. The molecule has 4 nitrogen and oxygen atoms in total. The molecule has 1 fully saturated rings. The van der Waals surface area contributed by atoms with Crippen molar-refractivity contribution in [2.75, 3.05) is 13.1 Å². The number of aliphatic carboxylic acids is 1. The molecular formula is C15H30N2O2. The van der Waals surface area contributed by atoms with Crippen LogP contribution in [0.1, 0.15) is 65.2 Å². The summed E-state index contributed by atoms with van der Waals surface area (Å²) in [5, 5.41) is 8.97. The molecule has 0 aromatic heterocycles. The summed E-state index contributed by atoms with van der Waals surface area (Å²) in [5.41, 5.74) is 4.68. The molecule has 0 aromatic carbocycles. The lowest BCUT2D eigenvalue weighted by atomic mass is 9.95. The quantitative estimate of drug-likeness (QED) is 0.665. The van der Waals surface area contributed by atoms with Gasteiger partial charge in [0.05, 0.1) is 0 Å². The summed E-state index contributed by atoms with van der Waals surface area (Å²) < 4.78 is 0. The highest BCUT2D eigenvalue weighted by molar-refractivity contribution is 5.77. The number of nitrogens with zero attached hydrogens (tertiary/aromatic N) is 1. The summed E-state index contributed by atoms with van der Waals surface area (Å²) in [6.07, 6.45) is 9.07. The Labute approximate surface area is 117 Å². The average molecular weight is 270 g/mol. The van der Waals surface area contributed by atoms with Gasteiger partial charge in [-0.1, -0.05) is 19.8 Å². The van der Waals surface area contributed by atoms with E-state index in [2.05, 4.69) is 11.8 Å². The Kier molecular flexibility index (Phi) is 6.80. The minimum atomic E-state index is -1.06. The molecule has 0 bridgehead atoms. The molecule has 112 valence electrons. The second kappa shape index (κ2) is 7.85. The highest BCUT2D eigenvalue weighted by atomic mass is 16.4. The van der Waals surface area contributed by atoms with Gasteiger partial charge in [0.2, 0.25) is 0 Å². The van der Waals surface area contributed by atoms with E-state index < -0.39 is 11.5 Å². The molecular weight excluding hydrogens is 240 g/mol. The second-order valence-electron chi connectivity index (χ2n) is 6.15. The number of hydrogen-bond donors (Lipinski definition) is 2. The van der Waals surface area contributed by atoms with Gasteiger partial charge in [0, 0.05) is 6.04 Å². The average Bonchev–Trinajstić information content (AvgIpc) is 2.36. The van der Waals surface area contributed by atoms with E-state index in [0.717, 1.165) is 25.4 Å². The summed E-state index contributed by atoms with van der Waals surface area (Å²) in [4.78, 5) is 13.5. The molecule has 1 rings (SSSR count). The summed E-state index contributed by atoms with van der Waals surface area (Å²) in [7, 11) is 0. The Bertz CT molecular complexity index is 277. The van der Waals surface area contributed by atoms with E-state index >= 15 is 0 Å². The molecule has 4 heteroatoms. The maximum atomic E-state index is 10.9. The van der Waals surface area contributed by atoms with Gasteiger partial charge < -0.3 is 15.7 Å². The van der Waals surface area contributed by atoms with Crippen LogP contribution in [0.5, 0.6) is 0 Å². The van der Waals surface area contributed by atoms with Crippen molar-refractivity contribution in [3.05, 3.63) is 0 Å². The number of carboxylic acid groups (broad SMARTS) is 1. The van der Waals surface area contributed by atoms with Gasteiger partial charge in [0.15, 0.2) is 0 Å². The first-order valence-corrected chi connectivity index (χ1v) is 7.73. The van der Waals surface area contributed by atoms with Gasteiger partial charge in [-0.25, -0.2) is 0 Å². The third-order valence-corrected chi connectivity index (χ3v) is 4.25. The summed E-state index contributed by atoms with van der Waals surface area (Å²) >= 11 is 0. The van der Waals surface area contributed by atoms with Crippen LogP contribution in [0.2, 0.25) is 0 Å². The molecule has 0 aromatic rings. The van der Waals surface area contributed by atoms with Gasteiger partial charge in [-0.05, 0) is 58.5 Å². The van der Waals surface area contributed by atoms with Crippen LogP contribution in [0, 0.1) is 0 Å². The van der Waals surface area contributed by atoms with Crippen LogP contribution in [-0.4, -0.2) is 40.6 Å². The molecule has 0 amide bonds. The number of hydrogen-bond acceptors (Lipinski definition) is 3. The van der Waals surface area contributed by atoms with Gasteiger partial charge in [-0.15, -0.1) is 0 Å². The first-order chi connectivity index (χ1) is 8.97. The Hall–Kier alpha value is -0.610. The lowest BCUT2D eigenvalue weighted by Crippen LogP contribution is -2.45. The molecule has 1 heterocycles. The van der Waals surface area contributed by atoms with Crippen molar-refractivity contribution in [2.24, 2.45) is 5.73 Å². The van der Waals surface area contributed by atoms with E-state index in [9.17, 15) is 4.79 Å². The van der Waals surface area contributed by atoms with E-state index in [-0.39, 0.29) is 0 Å². The molecule has 0 radical (unpaired) electrons. The topological polar surface area (TPSA) is 66.6 Å². The first-order valence-electron chi connectivity index (χ1n) is 7.73. The fraction of sp³-hybridized carbons (Fsp3) is 0.933. The second-order valence-corrected chi connectivity index (χ2v) is 6.15. The Morgan fingerprint density at radius 3 is 2.79 bits per heavy atom. The zero-order chi connectivity index (χ0) is 14.3. The van der Waals surface area contributed by atoms with Gasteiger partial charge >= 0.3 is 5.97 Å². The zero-order valence-corrected chi connectivity index (χ0v) is 12.5. The van der Waals surface area contributed by atoms with Crippen molar-refractivity contribution in [3.8, 4) is 0 Å². The van der Waals surface area contributed by atoms with Crippen LogP contribution in [0.3, 0.4) is 0 Å². The molecule has 1 aliphatic rings. The largest absolute Gasteiger partial charge is 0.480 e. The Morgan fingerprint density at radius 1 is 1.42 bits per heavy atom. The first kappa shape index (κ1) is 16.4. The molecule has 0 aliphatic carbocycles. The van der Waals surface area contributed by atoms with Crippen molar-refractivity contribution in [1.82, 2.24) is 4.90 Å². The van der Waals surface area contributed by atoms with Crippen molar-refractivity contribution in [2.45, 2.75) is 76.8 Å². The number of likely N-dealkylation sites (tertiary alicyclic amines) is 1. The molecule has 0 spiro atoms. The number of unbranched alkanes of at least 4 members (excludes halogenated alkanes) is 1. The standard InChI is InChI=1S/C15H30N2O2/c1-3-8-13-9-4-6-11-17(13)12-7-5-10-15(2,16)14(18)19/h13H,3-12,16H2,1-2H3,(H,18,19). The van der Waals surface area contributed by atoms with Gasteiger partial charge in [-0.2, -0.15) is 0 Å². The van der Waals surface area contributed by atoms with Crippen LogP contribution >= 0.6 is 0 Å². The number of nitrogens with two attached hydrogens (primary N) is 1. The lowest BCUT2D eigenvalue weighted by Gasteiger charge is -2.36. The molecule has 19 heavy (non-hydrogen) atoms. The normalized spacial score (nSPS) is 24.1. The highest BCUT2D eigenvalue weighted by Gasteiger charge is 2.27. The number of rotatable bonds is 8. The Morgan fingerprint density at radius 2 is 2.16 bits per heavy atom. The minimum absolute atomic E-state index is 0.564. The van der Waals surface area contributed by atoms with E-state index in [1.807, 2.05) is 0 Å². The number of carboxylic acids is 1. The molecule has 2 atom stereocenters. The molecule has 1 aliphatic heterocycles.